The molecule has 6 nitrogen and oxygen atoms in total. The highest BCUT2D eigenvalue weighted by atomic mass is 35.5. The predicted molar refractivity (Wildman–Crippen MR) is 98.0 cm³/mol. The summed E-state index contributed by atoms with van der Waals surface area (Å²) in [5, 5.41) is 14.3. The zero-order chi connectivity index (χ0) is 19.7. The topological polar surface area (TPSA) is 85.3 Å². The molecular weight excluding hydrogens is 375 g/mol. The minimum Gasteiger partial charge on any atom is -0.507 e. The molecule has 0 fully saturated rings. The van der Waals surface area contributed by atoms with Crippen LogP contribution in [0.25, 0.3) is 11.8 Å². The Hall–Kier alpha value is -3.19. The van der Waals surface area contributed by atoms with Crippen molar-refractivity contribution in [3.8, 4) is 11.4 Å². The Kier molecular flexibility index (Phi) is 4.96. The van der Waals surface area contributed by atoms with Gasteiger partial charge in [-0.3, -0.25) is 4.79 Å². The number of rotatable bonds is 4. The Morgan fingerprint density at radius 1 is 1.30 bits per heavy atom. The lowest BCUT2D eigenvalue weighted by Crippen LogP contribution is -2.12. The molecule has 2 aromatic heterocycles. The lowest BCUT2D eigenvalue weighted by Gasteiger charge is -2.02. The van der Waals surface area contributed by atoms with Crippen molar-refractivity contribution < 1.29 is 18.7 Å². The van der Waals surface area contributed by atoms with Crippen molar-refractivity contribution in [1.82, 2.24) is 9.78 Å². The fourth-order valence-corrected chi connectivity index (χ4v) is 2.85. The second kappa shape index (κ2) is 7.20. The van der Waals surface area contributed by atoms with Crippen LogP contribution in [0.1, 0.15) is 27.4 Å². The Bertz CT molecular complexity index is 1110. The first kappa shape index (κ1) is 18.6. The van der Waals surface area contributed by atoms with E-state index in [4.69, 9.17) is 16.0 Å². The number of carbonyl (C=O) groups is 1. The third-order valence-electron chi connectivity index (χ3n) is 3.82. The van der Waals surface area contributed by atoms with Crippen LogP contribution < -0.4 is 5.63 Å². The van der Waals surface area contributed by atoms with Gasteiger partial charge in [0.05, 0.1) is 11.4 Å². The third kappa shape index (κ3) is 3.68. The maximum absolute atomic E-state index is 13.1. The lowest BCUT2D eigenvalue weighted by atomic mass is 10.1. The van der Waals surface area contributed by atoms with E-state index >= 15 is 0 Å². The number of benzene rings is 1. The number of halogens is 2. The number of aromatic hydroxyl groups is 1. The molecular formula is C19H14ClFN2O4. The molecule has 0 aliphatic carbocycles. The van der Waals surface area contributed by atoms with Gasteiger partial charge in [0.25, 0.3) is 0 Å². The number of ketones is 1. The molecule has 1 N–H and O–H groups in total. The van der Waals surface area contributed by atoms with E-state index < -0.39 is 22.7 Å². The first-order valence-corrected chi connectivity index (χ1v) is 8.23. The lowest BCUT2D eigenvalue weighted by molar-refractivity contribution is 0.104. The van der Waals surface area contributed by atoms with E-state index in [1.807, 2.05) is 0 Å². The van der Waals surface area contributed by atoms with Gasteiger partial charge in [0.2, 0.25) is 0 Å². The van der Waals surface area contributed by atoms with Gasteiger partial charge < -0.3 is 9.52 Å². The van der Waals surface area contributed by atoms with Crippen LogP contribution in [0.3, 0.4) is 0 Å². The Balaban J connectivity index is 1.96. The molecule has 0 bridgehead atoms. The molecule has 0 atom stereocenters. The average Bonchev–Trinajstić information content (AvgIpc) is 2.87. The minimum atomic E-state index is -0.924. The minimum absolute atomic E-state index is 0.192. The number of aryl methyl sites for hydroxylation is 2. The summed E-state index contributed by atoms with van der Waals surface area (Å²) in [7, 11) is 0. The molecule has 0 amide bonds. The summed E-state index contributed by atoms with van der Waals surface area (Å²) in [6.45, 7) is 3.17. The van der Waals surface area contributed by atoms with Gasteiger partial charge >= 0.3 is 5.63 Å². The fourth-order valence-electron chi connectivity index (χ4n) is 2.52. The van der Waals surface area contributed by atoms with E-state index in [1.54, 1.807) is 6.92 Å². The number of allylic oxidation sites excluding steroid dienone is 1. The number of carbonyl (C=O) groups excluding carboxylic acids is 1. The van der Waals surface area contributed by atoms with E-state index in [9.17, 15) is 19.1 Å². The monoisotopic (exact) mass is 388 g/mol. The molecule has 0 saturated carbocycles. The third-order valence-corrected chi connectivity index (χ3v) is 4.18. The van der Waals surface area contributed by atoms with Crippen LogP contribution in [0, 0.1) is 19.7 Å². The van der Waals surface area contributed by atoms with Crippen molar-refractivity contribution in [2.45, 2.75) is 13.8 Å². The number of hydrogen-bond donors (Lipinski definition) is 1. The first-order valence-electron chi connectivity index (χ1n) is 7.85. The normalized spacial score (nSPS) is 11.3. The van der Waals surface area contributed by atoms with Crippen LogP contribution in [0.4, 0.5) is 4.39 Å². The smallest absolute Gasteiger partial charge is 0.351 e. The van der Waals surface area contributed by atoms with Crippen LogP contribution >= 0.6 is 11.6 Å². The SMILES string of the molecule is Cc1cc(O)c(C(=O)/C=C/c2c(C)nn(-c3ccc(F)cc3)c2Cl)c(=O)o1. The van der Waals surface area contributed by atoms with Crippen molar-refractivity contribution in [2.24, 2.45) is 0 Å². The highest BCUT2D eigenvalue weighted by molar-refractivity contribution is 6.31. The zero-order valence-electron chi connectivity index (χ0n) is 14.4. The van der Waals surface area contributed by atoms with E-state index in [-0.39, 0.29) is 16.7 Å². The average molecular weight is 389 g/mol. The van der Waals surface area contributed by atoms with Gasteiger partial charge in [-0.2, -0.15) is 5.10 Å². The van der Waals surface area contributed by atoms with Gasteiger partial charge in [-0.05, 0) is 50.3 Å². The highest BCUT2D eigenvalue weighted by Crippen LogP contribution is 2.25. The zero-order valence-corrected chi connectivity index (χ0v) is 15.1. The standard InChI is InChI=1S/C19H14ClFN2O4/c1-10-9-16(25)17(19(26)27-10)15(24)8-7-14-11(2)22-23(18(14)20)13-5-3-12(21)4-6-13/h3-9,25H,1-2H3/b8-7+. The number of hydrogen-bond acceptors (Lipinski definition) is 5. The molecule has 0 aliphatic rings. The molecule has 3 rings (SSSR count). The van der Waals surface area contributed by atoms with Gasteiger partial charge in [-0.25, -0.2) is 13.9 Å². The van der Waals surface area contributed by atoms with Gasteiger partial charge in [0.15, 0.2) is 5.78 Å². The summed E-state index contributed by atoms with van der Waals surface area (Å²) in [4.78, 5) is 24.1. The second-order valence-electron chi connectivity index (χ2n) is 5.78. The number of aromatic nitrogens is 2. The predicted octanol–water partition coefficient (Wildman–Crippen LogP) is 3.84. The van der Waals surface area contributed by atoms with Gasteiger partial charge in [0.1, 0.15) is 28.0 Å². The van der Waals surface area contributed by atoms with Crippen LogP contribution in [-0.2, 0) is 0 Å². The molecule has 8 heteroatoms. The summed E-state index contributed by atoms with van der Waals surface area (Å²) in [5.41, 5.74) is 0.134. The van der Waals surface area contributed by atoms with Crippen LogP contribution in [0.5, 0.6) is 5.75 Å². The molecule has 1 aromatic carbocycles. The quantitative estimate of drug-likeness (QED) is 0.542. The van der Waals surface area contributed by atoms with Crippen LogP contribution in [0.15, 0.2) is 45.6 Å². The largest absolute Gasteiger partial charge is 0.507 e. The molecule has 2 heterocycles. The van der Waals surface area contributed by atoms with E-state index in [0.29, 0.717) is 16.9 Å². The van der Waals surface area contributed by atoms with Gasteiger partial charge in [-0.15, -0.1) is 0 Å². The summed E-state index contributed by atoms with van der Waals surface area (Å²) >= 11 is 6.33. The molecule has 0 unspecified atom stereocenters. The van der Waals surface area contributed by atoms with Crippen molar-refractivity contribution >= 4 is 23.5 Å². The summed E-state index contributed by atoms with van der Waals surface area (Å²) < 4.78 is 19.3. The van der Waals surface area contributed by atoms with Gasteiger partial charge in [0, 0.05) is 11.6 Å². The Morgan fingerprint density at radius 3 is 2.59 bits per heavy atom. The maximum Gasteiger partial charge on any atom is 0.351 e. The molecule has 27 heavy (non-hydrogen) atoms. The second-order valence-corrected chi connectivity index (χ2v) is 6.14. The summed E-state index contributed by atoms with van der Waals surface area (Å²) in [6, 6.07) is 6.78. The summed E-state index contributed by atoms with van der Waals surface area (Å²) in [5.74, 6) is -1.38. The fraction of sp³-hybridized carbons (Fsp3) is 0.105. The molecule has 138 valence electrons. The first-order chi connectivity index (χ1) is 12.8. The molecule has 0 radical (unpaired) electrons. The van der Waals surface area contributed by atoms with Crippen molar-refractivity contribution in [3.63, 3.8) is 0 Å². The van der Waals surface area contributed by atoms with E-state index in [1.165, 1.54) is 48.0 Å². The number of nitrogens with zero attached hydrogens (tertiary/aromatic N) is 2. The Labute approximate surface area is 158 Å². The molecule has 0 saturated heterocycles. The van der Waals surface area contributed by atoms with Crippen molar-refractivity contribution in [3.05, 3.63) is 80.4 Å². The van der Waals surface area contributed by atoms with Crippen molar-refractivity contribution in [1.29, 1.82) is 0 Å². The molecule has 3 aromatic rings. The van der Waals surface area contributed by atoms with Crippen LogP contribution in [0.2, 0.25) is 5.15 Å². The maximum atomic E-state index is 13.1. The molecule has 0 spiro atoms. The van der Waals surface area contributed by atoms with Crippen LogP contribution in [-0.4, -0.2) is 20.7 Å². The molecule has 0 aliphatic heterocycles. The van der Waals surface area contributed by atoms with E-state index in [0.717, 1.165) is 6.08 Å². The summed E-state index contributed by atoms with van der Waals surface area (Å²) in [6.07, 6.45) is 2.50. The Morgan fingerprint density at radius 2 is 1.96 bits per heavy atom. The van der Waals surface area contributed by atoms with E-state index in [2.05, 4.69) is 5.10 Å². The highest BCUT2D eigenvalue weighted by Gasteiger charge is 2.17. The van der Waals surface area contributed by atoms with Gasteiger partial charge in [-0.1, -0.05) is 11.6 Å². The van der Waals surface area contributed by atoms with Crippen molar-refractivity contribution in [2.75, 3.05) is 0 Å².